The normalized spacial score (nSPS) is 21.9. The fourth-order valence-corrected chi connectivity index (χ4v) is 3.65. The molecule has 0 radical (unpaired) electrons. The molecule has 1 saturated heterocycles. The fraction of sp³-hybridized carbons (Fsp3) is 0.368. The van der Waals surface area contributed by atoms with Gasteiger partial charge in [0.2, 0.25) is 5.95 Å². The predicted molar refractivity (Wildman–Crippen MR) is 102 cm³/mol. The van der Waals surface area contributed by atoms with Gasteiger partial charge in [-0.2, -0.15) is 0 Å². The number of rotatable bonds is 3. The van der Waals surface area contributed by atoms with Crippen molar-refractivity contribution in [2.45, 2.75) is 31.6 Å². The maximum Gasteiger partial charge on any atom is 0.207 e. The molecular formula is C19H21ClFN5. The van der Waals surface area contributed by atoms with Gasteiger partial charge in [0.05, 0.1) is 33.8 Å². The molecule has 0 bridgehead atoms. The van der Waals surface area contributed by atoms with Gasteiger partial charge in [0.15, 0.2) is 0 Å². The van der Waals surface area contributed by atoms with Crippen molar-refractivity contribution in [3.05, 3.63) is 53.3 Å². The molecule has 2 N–H and O–H groups in total. The minimum Gasteiger partial charge on any atom is -0.340 e. The zero-order chi connectivity index (χ0) is 18.3. The number of alkyl halides is 1. The summed E-state index contributed by atoms with van der Waals surface area (Å²) in [5, 5.41) is 0.604. The molecule has 0 spiro atoms. The van der Waals surface area contributed by atoms with Gasteiger partial charge in [-0.15, -0.1) is 0 Å². The van der Waals surface area contributed by atoms with Crippen LogP contribution >= 0.6 is 11.6 Å². The van der Waals surface area contributed by atoms with E-state index in [4.69, 9.17) is 22.3 Å². The van der Waals surface area contributed by atoms with E-state index in [2.05, 4.69) is 21.4 Å². The molecule has 1 aromatic carbocycles. The minimum absolute atomic E-state index is 0.0472. The topological polar surface area (TPSA) is 60.0 Å². The third-order valence-corrected chi connectivity index (χ3v) is 5.22. The lowest BCUT2D eigenvalue weighted by Crippen LogP contribution is -2.50. The van der Waals surface area contributed by atoms with Gasteiger partial charge >= 0.3 is 0 Å². The molecule has 3 heterocycles. The van der Waals surface area contributed by atoms with Gasteiger partial charge in [-0.25, -0.2) is 9.37 Å². The first-order valence-electron chi connectivity index (χ1n) is 8.77. The Morgan fingerprint density at radius 3 is 2.81 bits per heavy atom. The van der Waals surface area contributed by atoms with Gasteiger partial charge in [0.25, 0.3) is 0 Å². The molecule has 2 aromatic heterocycles. The number of nitrogens with zero attached hydrogens (tertiary/aromatic N) is 4. The number of benzene rings is 1. The number of halogens is 2. The van der Waals surface area contributed by atoms with Crippen LogP contribution in [0.15, 0.2) is 42.6 Å². The number of para-hydroxylation sites is 2. The number of hydrogen-bond donors (Lipinski definition) is 1. The molecule has 3 aromatic rings. The van der Waals surface area contributed by atoms with Crippen molar-refractivity contribution in [3.8, 4) is 0 Å². The summed E-state index contributed by atoms with van der Waals surface area (Å²) in [6.45, 7) is 3.12. The number of imidazole rings is 1. The van der Waals surface area contributed by atoms with E-state index in [1.807, 2.05) is 36.4 Å². The average molecular weight is 374 g/mol. The van der Waals surface area contributed by atoms with E-state index in [0.717, 1.165) is 22.7 Å². The van der Waals surface area contributed by atoms with Crippen LogP contribution in [0.3, 0.4) is 0 Å². The smallest absolute Gasteiger partial charge is 0.207 e. The van der Waals surface area contributed by atoms with Gasteiger partial charge in [-0.3, -0.25) is 4.98 Å². The Hall–Kier alpha value is -2.18. The summed E-state index contributed by atoms with van der Waals surface area (Å²) in [7, 11) is 0. The number of piperidine rings is 1. The van der Waals surface area contributed by atoms with Crippen molar-refractivity contribution in [2.75, 3.05) is 18.0 Å². The summed E-state index contributed by atoms with van der Waals surface area (Å²) < 4.78 is 16.0. The average Bonchev–Trinajstić information content (AvgIpc) is 3.03. The Labute approximate surface area is 156 Å². The van der Waals surface area contributed by atoms with Crippen molar-refractivity contribution in [3.63, 3.8) is 0 Å². The van der Waals surface area contributed by atoms with Gasteiger partial charge < -0.3 is 15.2 Å². The van der Waals surface area contributed by atoms with Crippen LogP contribution in [0.25, 0.3) is 11.0 Å². The minimum atomic E-state index is -0.959. The first-order valence-corrected chi connectivity index (χ1v) is 9.15. The van der Waals surface area contributed by atoms with E-state index in [9.17, 15) is 4.39 Å². The van der Waals surface area contributed by atoms with Crippen molar-refractivity contribution in [1.29, 1.82) is 0 Å². The maximum atomic E-state index is 13.8. The maximum absolute atomic E-state index is 13.8. The molecule has 4 rings (SSSR count). The SMILES string of the molecule is C[C@@H](c1ccc(Cl)cn1)n1c(N2CC[C@@H](F)[C@H](N)C2)nc2ccccc21. The van der Waals surface area contributed by atoms with Crippen LogP contribution in [0.5, 0.6) is 0 Å². The van der Waals surface area contributed by atoms with E-state index in [0.29, 0.717) is 24.5 Å². The van der Waals surface area contributed by atoms with Crippen molar-refractivity contribution in [2.24, 2.45) is 5.73 Å². The van der Waals surface area contributed by atoms with E-state index < -0.39 is 12.2 Å². The Morgan fingerprint density at radius 2 is 2.08 bits per heavy atom. The molecule has 0 aliphatic carbocycles. The highest BCUT2D eigenvalue weighted by atomic mass is 35.5. The molecule has 26 heavy (non-hydrogen) atoms. The second-order valence-electron chi connectivity index (χ2n) is 6.76. The molecular weight excluding hydrogens is 353 g/mol. The first kappa shape index (κ1) is 17.2. The summed E-state index contributed by atoms with van der Waals surface area (Å²) in [6.07, 6.45) is 1.11. The Bertz CT molecular complexity index is 910. The van der Waals surface area contributed by atoms with Crippen LogP contribution in [-0.2, 0) is 0 Å². The lowest BCUT2D eigenvalue weighted by Gasteiger charge is -2.34. The van der Waals surface area contributed by atoms with E-state index in [1.54, 1.807) is 6.20 Å². The van der Waals surface area contributed by atoms with E-state index in [-0.39, 0.29) is 6.04 Å². The summed E-state index contributed by atoms with van der Waals surface area (Å²) >= 11 is 5.98. The fourth-order valence-electron chi connectivity index (χ4n) is 3.54. The molecule has 0 unspecified atom stereocenters. The third kappa shape index (κ3) is 3.04. The quantitative estimate of drug-likeness (QED) is 0.762. The van der Waals surface area contributed by atoms with E-state index in [1.165, 1.54) is 0 Å². The number of nitrogens with two attached hydrogens (primary N) is 1. The van der Waals surface area contributed by atoms with Crippen LogP contribution in [0.2, 0.25) is 5.02 Å². The summed E-state index contributed by atoms with van der Waals surface area (Å²) in [4.78, 5) is 11.4. The summed E-state index contributed by atoms with van der Waals surface area (Å²) in [5.74, 6) is 0.804. The zero-order valence-electron chi connectivity index (χ0n) is 14.5. The van der Waals surface area contributed by atoms with Crippen LogP contribution in [0.1, 0.15) is 25.1 Å². The number of aromatic nitrogens is 3. The molecule has 1 aliphatic rings. The van der Waals surface area contributed by atoms with Gasteiger partial charge in [0, 0.05) is 19.3 Å². The molecule has 0 amide bonds. The predicted octanol–water partition coefficient (Wildman–Crippen LogP) is 3.57. The lowest BCUT2D eigenvalue weighted by atomic mass is 10.1. The highest BCUT2D eigenvalue weighted by molar-refractivity contribution is 6.30. The zero-order valence-corrected chi connectivity index (χ0v) is 15.3. The second kappa shape index (κ2) is 6.85. The number of anilines is 1. The van der Waals surface area contributed by atoms with Crippen LogP contribution in [0.4, 0.5) is 10.3 Å². The molecule has 1 fully saturated rings. The Morgan fingerprint density at radius 1 is 1.27 bits per heavy atom. The molecule has 0 saturated carbocycles. The molecule has 5 nitrogen and oxygen atoms in total. The van der Waals surface area contributed by atoms with Crippen LogP contribution in [-0.4, -0.2) is 39.8 Å². The highest BCUT2D eigenvalue weighted by Crippen LogP contribution is 2.31. The monoisotopic (exact) mass is 373 g/mol. The highest BCUT2D eigenvalue weighted by Gasteiger charge is 2.30. The van der Waals surface area contributed by atoms with E-state index >= 15 is 0 Å². The Balaban J connectivity index is 1.80. The summed E-state index contributed by atoms with van der Waals surface area (Å²) in [6, 6.07) is 11.2. The molecule has 136 valence electrons. The van der Waals surface area contributed by atoms with Crippen molar-refractivity contribution >= 4 is 28.6 Å². The first-order chi connectivity index (χ1) is 12.5. The molecule has 1 aliphatic heterocycles. The van der Waals surface area contributed by atoms with Crippen LogP contribution in [0, 0.1) is 0 Å². The number of hydrogen-bond acceptors (Lipinski definition) is 4. The van der Waals surface area contributed by atoms with Crippen molar-refractivity contribution in [1.82, 2.24) is 14.5 Å². The van der Waals surface area contributed by atoms with Crippen molar-refractivity contribution < 1.29 is 4.39 Å². The van der Waals surface area contributed by atoms with Gasteiger partial charge in [-0.1, -0.05) is 23.7 Å². The summed E-state index contributed by atoms with van der Waals surface area (Å²) in [5.41, 5.74) is 8.78. The van der Waals surface area contributed by atoms with Crippen LogP contribution < -0.4 is 10.6 Å². The molecule has 7 heteroatoms. The number of fused-ring (bicyclic) bond motifs is 1. The Kier molecular flexibility index (Phi) is 4.54. The lowest BCUT2D eigenvalue weighted by molar-refractivity contribution is 0.243. The third-order valence-electron chi connectivity index (χ3n) is 5.00. The largest absolute Gasteiger partial charge is 0.340 e. The van der Waals surface area contributed by atoms with Gasteiger partial charge in [0.1, 0.15) is 6.17 Å². The number of pyridine rings is 1. The molecule has 3 atom stereocenters. The standard InChI is InChI=1S/C19H21ClFN5/c1-12(16-7-6-13(20)10-23-16)26-18-5-3-2-4-17(18)24-19(26)25-9-8-14(21)15(22)11-25/h2-7,10,12,14-15H,8-9,11,22H2,1H3/t12-,14+,15+/m0/s1. The second-order valence-corrected chi connectivity index (χ2v) is 7.20. The van der Waals surface area contributed by atoms with Gasteiger partial charge in [-0.05, 0) is 37.6 Å².